The lowest BCUT2D eigenvalue weighted by Gasteiger charge is -2.31. The molecule has 1 saturated heterocycles. The van der Waals surface area contributed by atoms with Gasteiger partial charge < -0.3 is 9.64 Å². The van der Waals surface area contributed by atoms with E-state index in [1.165, 1.54) is 16.1 Å². The van der Waals surface area contributed by atoms with Crippen molar-refractivity contribution in [1.29, 1.82) is 0 Å². The second-order valence-electron chi connectivity index (χ2n) is 10.2. The minimum absolute atomic E-state index is 0.137. The Labute approximate surface area is 256 Å². The average molecular weight is 622 g/mol. The van der Waals surface area contributed by atoms with Gasteiger partial charge in [0.05, 0.1) is 28.0 Å². The zero-order chi connectivity index (χ0) is 30.6. The molecule has 3 heterocycles. The van der Waals surface area contributed by atoms with E-state index in [1.54, 1.807) is 35.9 Å². The third-order valence-electron chi connectivity index (χ3n) is 7.50. The minimum Gasteiger partial charge on any atom is -0.466 e. The molecule has 2 aromatic carbocycles. The van der Waals surface area contributed by atoms with Crippen LogP contribution in [0, 0.1) is 5.92 Å². The van der Waals surface area contributed by atoms with E-state index in [-0.39, 0.29) is 22.7 Å². The quantitative estimate of drug-likeness (QED) is 0.247. The molecule has 0 saturated carbocycles. The second kappa shape index (κ2) is 13.3. The molecule has 0 bridgehead atoms. The summed E-state index contributed by atoms with van der Waals surface area (Å²) < 4.78 is 34.9. The van der Waals surface area contributed by atoms with Crippen LogP contribution in [0.1, 0.15) is 39.2 Å². The van der Waals surface area contributed by atoms with Crippen LogP contribution < -0.4 is 0 Å². The van der Waals surface area contributed by atoms with Crippen LogP contribution in [0.15, 0.2) is 75.6 Å². The monoisotopic (exact) mass is 621 g/mol. The van der Waals surface area contributed by atoms with Gasteiger partial charge in [-0.2, -0.15) is 14.4 Å². The molecule has 2 aliphatic rings. The molecule has 1 fully saturated rings. The lowest BCUT2D eigenvalue weighted by atomic mass is 9.97. The van der Waals surface area contributed by atoms with Gasteiger partial charge in [-0.25, -0.2) is 13.1 Å². The minimum atomic E-state index is -3.68. The van der Waals surface area contributed by atoms with Crippen LogP contribution in [-0.2, 0) is 24.3 Å². The van der Waals surface area contributed by atoms with Crippen LogP contribution in [0.4, 0.5) is 0 Å². The number of aromatic nitrogens is 2. The first-order chi connectivity index (χ1) is 20.7. The van der Waals surface area contributed by atoms with Crippen LogP contribution in [0.25, 0.3) is 23.0 Å². The molecule has 3 aromatic rings. The molecule has 43 heavy (non-hydrogen) atoms. The van der Waals surface area contributed by atoms with Crippen molar-refractivity contribution in [2.45, 2.75) is 38.5 Å². The Kier molecular flexibility index (Phi) is 9.48. The molecule has 0 spiro atoms. The molecule has 0 radical (unpaired) electrons. The van der Waals surface area contributed by atoms with Crippen molar-refractivity contribution >= 4 is 44.9 Å². The van der Waals surface area contributed by atoms with Gasteiger partial charge in [-0.3, -0.25) is 9.59 Å². The Balaban J connectivity index is 1.45. The van der Waals surface area contributed by atoms with E-state index in [1.807, 2.05) is 61.3 Å². The van der Waals surface area contributed by atoms with Crippen LogP contribution >= 0.6 is 11.8 Å². The van der Waals surface area contributed by atoms with E-state index in [0.717, 1.165) is 5.69 Å². The summed E-state index contributed by atoms with van der Waals surface area (Å²) >= 11 is 1.30. The van der Waals surface area contributed by atoms with Crippen molar-refractivity contribution in [3.05, 3.63) is 71.3 Å². The number of carbonyl (C=O) groups excluding carboxylic acids is 2. The van der Waals surface area contributed by atoms with Gasteiger partial charge in [0.15, 0.2) is 5.17 Å². The van der Waals surface area contributed by atoms with Gasteiger partial charge in [0.2, 0.25) is 10.0 Å². The van der Waals surface area contributed by atoms with E-state index < -0.39 is 10.0 Å². The fourth-order valence-electron chi connectivity index (χ4n) is 5.19. The highest BCUT2D eigenvalue weighted by atomic mass is 32.2. The predicted octanol–water partition coefficient (Wildman–Crippen LogP) is 4.82. The smallest absolute Gasteiger partial charge is 0.309 e. The summed E-state index contributed by atoms with van der Waals surface area (Å²) in [6.07, 6.45) is 4.89. The van der Waals surface area contributed by atoms with Crippen molar-refractivity contribution in [3.8, 4) is 16.9 Å². The summed E-state index contributed by atoms with van der Waals surface area (Å²) in [5.74, 6) is -0.651. The van der Waals surface area contributed by atoms with Gasteiger partial charge in [-0.1, -0.05) is 44.2 Å². The van der Waals surface area contributed by atoms with Gasteiger partial charge >= 0.3 is 5.97 Å². The van der Waals surface area contributed by atoms with Crippen molar-refractivity contribution < 1.29 is 22.7 Å². The van der Waals surface area contributed by atoms with Gasteiger partial charge in [-0.05, 0) is 61.9 Å². The first-order valence-electron chi connectivity index (χ1n) is 14.4. The van der Waals surface area contributed by atoms with E-state index in [0.29, 0.717) is 72.5 Å². The first-order valence-corrected chi connectivity index (χ1v) is 16.7. The summed E-state index contributed by atoms with van der Waals surface area (Å²) in [4.78, 5) is 32.2. The number of para-hydroxylation sites is 1. The third-order valence-corrected chi connectivity index (χ3v) is 10.6. The predicted molar refractivity (Wildman–Crippen MR) is 168 cm³/mol. The second-order valence-corrected chi connectivity index (χ2v) is 13.1. The highest BCUT2D eigenvalue weighted by Crippen LogP contribution is 2.35. The molecule has 10 nitrogen and oxygen atoms in total. The molecular weight excluding hydrogens is 587 g/mol. The van der Waals surface area contributed by atoms with Gasteiger partial charge in [0.25, 0.3) is 5.91 Å². The number of rotatable bonds is 9. The number of nitrogens with zero attached hydrogens (tertiary/aromatic N) is 5. The number of benzene rings is 2. The highest BCUT2D eigenvalue weighted by Gasteiger charge is 2.32. The summed E-state index contributed by atoms with van der Waals surface area (Å²) in [7, 11) is -3.68. The standard InChI is InChI=1S/C31H35N5O5S2/c1-4-35(5-2)43(39,40)26-14-10-11-23(19-26)28-24(21-36(33-28)25-12-8-7-9-13-25)20-27-29(37)32-31(42-27)34-17-15-22(16-18-34)30(38)41-6-3/h7-14,19-22H,4-6,15-18H2,1-3H3/b27-20-. The van der Waals surface area contributed by atoms with Crippen LogP contribution in [-0.4, -0.2) is 77.2 Å². The zero-order valence-electron chi connectivity index (χ0n) is 24.5. The Bertz CT molecular complexity index is 1650. The Hall–Kier alpha value is -3.74. The number of hydrogen-bond acceptors (Lipinski definition) is 8. The average Bonchev–Trinajstić information content (AvgIpc) is 3.62. The Morgan fingerprint density at radius 3 is 2.47 bits per heavy atom. The molecule has 1 amide bonds. The number of ether oxygens (including phenoxy) is 1. The van der Waals surface area contributed by atoms with Crippen molar-refractivity contribution in [1.82, 2.24) is 19.0 Å². The molecule has 0 unspecified atom stereocenters. The zero-order valence-corrected chi connectivity index (χ0v) is 26.1. The maximum Gasteiger partial charge on any atom is 0.309 e. The van der Waals surface area contributed by atoms with Crippen molar-refractivity contribution in [2.24, 2.45) is 10.9 Å². The van der Waals surface area contributed by atoms with Gasteiger partial charge in [-0.15, -0.1) is 0 Å². The van der Waals surface area contributed by atoms with Crippen molar-refractivity contribution in [3.63, 3.8) is 0 Å². The topological polar surface area (TPSA) is 114 Å². The van der Waals surface area contributed by atoms with Crippen LogP contribution in [0.5, 0.6) is 0 Å². The number of sulfonamides is 1. The number of amides is 1. The first kappa shape index (κ1) is 30.7. The van der Waals surface area contributed by atoms with Gasteiger partial charge in [0, 0.05) is 43.5 Å². The number of esters is 1. The normalized spacial score (nSPS) is 17.1. The maximum atomic E-state index is 13.3. The maximum absolute atomic E-state index is 13.3. The molecule has 0 atom stereocenters. The molecule has 2 aliphatic heterocycles. The summed E-state index contributed by atoms with van der Waals surface area (Å²) in [6.45, 7) is 7.75. The molecule has 226 valence electrons. The lowest BCUT2D eigenvalue weighted by Crippen LogP contribution is -2.39. The number of amidine groups is 1. The van der Waals surface area contributed by atoms with E-state index in [2.05, 4.69) is 4.99 Å². The third kappa shape index (κ3) is 6.61. The van der Waals surface area contributed by atoms with E-state index in [9.17, 15) is 18.0 Å². The van der Waals surface area contributed by atoms with Crippen LogP contribution in [0.3, 0.4) is 0 Å². The van der Waals surface area contributed by atoms with E-state index in [4.69, 9.17) is 9.84 Å². The number of piperidine rings is 1. The molecule has 0 aliphatic carbocycles. The molecule has 0 N–H and O–H groups in total. The number of carbonyl (C=O) groups is 2. The number of thioether (sulfide) groups is 1. The SMILES string of the molecule is CCOC(=O)C1CCN(C2=NC(=O)/C(=C/c3cn(-c4ccccc4)nc3-c3cccc(S(=O)(=O)N(CC)CC)c3)S2)CC1. The Morgan fingerprint density at radius 2 is 1.79 bits per heavy atom. The lowest BCUT2D eigenvalue weighted by molar-refractivity contribution is -0.149. The van der Waals surface area contributed by atoms with Crippen LogP contribution in [0.2, 0.25) is 0 Å². The number of likely N-dealkylation sites (tertiary alicyclic amines) is 1. The summed E-state index contributed by atoms with van der Waals surface area (Å²) in [5, 5.41) is 5.44. The number of aliphatic imine (C=N–C) groups is 1. The molecular formula is C31H35N5O5S2. The highest BCUT2D eigenvalue weighted by molar-refractivity contribution is 8.18. The Morgan fingerprint density at radius 1 is 1.07 bits per heavy atom. The van der Waals surface area contributed by atoms with Gasteiger partial charge in [0.1, 0.15) is 5.69 Å². The molecule has 12 heteroatoms. The largest absolute Gasteiger partial charge is 0.466 e. The van der Waals surface area contributed by atoms with Crippen molar-refractivity contribution in [2.75, 3.05) is 32.8 Å². The fourth-order valence-corrected chi connectivity index (χ4v) is 7.65. The summed E-state index contributed by atoms with van der Waals surface area (Å²) in [5.41, 5.74) is 2.65. The molecule has 1 aromatic heterocycles. The molecule has 5 rings (SSSR count). The summed E-state index contributed by atoms with van der Waals surface area (Å²) in [6, 6.07) is 16.3. The number of hydrogen-bond donors (Lipinski definition) is 0. The van der Waals surface area contributed by atoms with E-state index >= 15 is 0 Å². The fraction of sp³-hybridized carbons (Fsp3) is 0.355.